The van der Waals surface area contributed by atoms with Crippen LogP contribution in [0.25, 0.3) is 0 Å². The van der Waals surface area contributed by atoms with Crippen LogP contribution in [-0.4, -0.2) is 38.0 Å². The van der Waals surface area contributed by atoms with E-state index in [1.165, 1.54) is 19.3 Å². The van der Waals surface area contributed by atoms with Crippen LogP contribution in [-0.2, 0) is 17.8 Å². The summed E-state index contributed by atoms with van der Waals surface area (Å²) in [5.41, 5.74) is 4.91. The van der Waals surface area contributed by atoms with Crippen LogP contribution < -0.4 is 11.1 Å². The minimum absolute atomic E-state index is 0.294. The Morgan fingerprint density at radius 1 is 1.43 bits per heavy atom. The summed E-state index contributed by atoms with van der Waals surface area (Å²) in [7, 11) is 0. The third-order valence-electron chi connectivity index (χ3n) is 4.21. The van der Waals surface area contributed by atoms with Gasteiger partial charge in [-0.25, -0.2) is 0 Å². The lowest BCUT2D eigenvalue weighted by Gasteiger charge is -2.27. The molecule has 0 spiro atoms. The highest BCUT2D eigenvalue weighted by atomic mass is 32.2. The molecule has 0 saturated heterocycles. The second-order valence-electron chi connectivity index (χ2n) is 6.26. The average Bonchev–Trinajstić information content (AvgIpc) is 3.22. The van der Waals surface area contributed by atoms with Gasteiger partial charge in [-0.2, -0.15) is 0 Å². The van der Waals surface area contributed by atoms with E-state index < -0.39 is 5.54 Å². The third-order valence-corrected chi connectivity index (χ3v) is 5.49. The topological polar surface area (TPSA) is 85.8 Å². The van der Waals surface area contributed by atoms with Crippen molar-refractivity contribution in [2.24, 2.45) is 5.73 Å². The summed E-state index contributed by atoms with van der Waals surface area (Å²) in [4.78, 5) is 11.8. The fourth-order valence-electron chi connectivity index (χ4n) is 2.64. The monoisotopic (exact) mass is 309 g/mol. The second kappa shape index (κ2) is 5.96. The molecule has 1 amide bonds. The quantitative estimate of drug-likeness (QED) is 0.768. The van der Waals surface area contributed by atoms with Crippen molar-refractivity contribution in [3.8, 4) is 0 Å². The third kappa shape index (κ3) is 3.40. The van der Waals surface area contributed by atoms with Crippen molar-refractivity contribution in [3.63, 3.8) is 0 Å². The van der Waals surface area contributed by atoms with Crippen molar-refractivity contribution >= 4 is 17.7 Å². The van der Waals surface area contributed by atoms with Gasteiger partial charge in [-0.15, -0.1) is 10.2 Å². The Balaban J connectivity index is 1.68. The molecule has 1 fully saturated rings. The number of hydrogen-bond acceptors (Lipinski definition) is 5. The van der Waals surface area contributed by atoms with Crippen LogP contribution in [0.2, 0.25) is 0 Å². The molecule has 0 bridgehead atoms. The Morgan fingerprint density at radius 3 is 2.95 bits per heavy atom. The zero-order chi connectivity index (χ0) is 14.9. The van der Waals surface area contributed by atoms with Crippen molar-refractivity contribution < 1.29 is 4.79 Å². The Labute approximate surface area is 129 Å². The number of aromatic nitrogens is 3. The molecule has 1 unspecified atom stereocenters. The molecule has 2 heterocycles. The highest BCUT2D eigenvalue weighted by Gasteiger charge is 2.37. The number of rotatable bonds is 6. The van der Waals surface area contributed by atoms with Gasteiger partial charge in [0.1, 0.15) is 11.4 Å². The van der Waals surface area contributed by atoms with E-state index in [0.29, 0.717) is 11.8 Å². The fraction of sp³-hybridized carbons (Fsp3) is 0.786. The van der Waals surface area contributed by atoms with E-state index >= 15 is 0 Å². The smallest absolute Gasteiger partial charge is 0.238 e. The van der Waals surface area contributed by atoms with Gasteiger partial charge in [-0.05, 0) is 32.6 Å². The first-order valence-corrected chi connectivity index (χ1v) is 8.69. The number of carbonyl (C=O) groups excluding carboxylic acids is 1. The van der Waals surface area contributed by atoms with Crippen molar-refractivity contribution in [2.45, 2.75) is 68.7 Å². The van der Waals surface area contributed by atoms with Crippen LogP contribution in [0, 0.1) is 0 Å². The summed E-state index contributed by atoms with van der Waals surface area (Å²) in [6.45, 7) is 2.87. The van der Waals surface area contributed by atoms with Gasteiger partial charge in [0.25, 0.3) is 0 Å². The molecule has 2 aliphatic rings. The van der Waals surface area contributed by atoms with Crippen LogP contribution in [0.3, 0.4) is 0 Å². The maximum absolute atomic E-state index is 11.8. The van der Waals surface area contributed by atoms with Crippen LogP contribution in [0.4, 0.5) is 0 Å². The molecule has 0 aromatic carbocycles. The summed E-state index contributed by atoms with van der Waals surface area (Å²) in [6, 6.07) is 0.443. The largest absolute Gasteiger partial charge is 0.368 e. The lowest BCUT2D eigenvalue weighted by atomic mass is 10.1. The van der Waals surface area contributed by atoms with Crippen LogP contribution in [0.5, 0.6) is 0 Å². The standard InChI is InChI=1S/C14H23N5OS/c1-14(12(15)20,16-10-6-7-10)9-21-13-18-17-11-5-3-2-4-8-19(11)13/h10,16H,2-9H2,1H3,(H2,15,20). The van der Waals surface area contributed by atoms with Gasteiger partial charge in [0.2, 0.25) is 5.91 Å². The molecule has 3 rings (SSSR count). The van der Waals surface area contributed by atoms with Crippen molar-refractivity contribution in [1.29, 1.82) is 0 Å². The van der Waals surface area contributed by atoms with Gasteiger partial charge >= 0.3 is 0 Å². The summed E-state index contributed by atoms with van der Waals surface area (Å²) in [5, 5.41) is 12.9. The number of nitrogens with one attached hydrogen (secondary N) is 1. The molecular formula is C14H23N5OS. The van der Waals surface area contributed by atoms with E-state index in [4.69, 9.17) is 5.73 Å². The van der Waals surface area contributed by atoms with Gasteiger partial charge in [-0.1, -0.05) is 18.2 Å². The van der Waals surface area contributed by atoms with Crippen molar-refractivity contribution in [1.82, 2.24) is 20.1 Å². The molecule has 3 N–H and O–H groups in total. The maximum atomic E-state index is 11.8. The normalized spacial score (nSPS) is 21.4. The summed E-state index contributed by atoms with van der Waals surface area (Å²) in [5.74, 6) is 1.38. The van der Waals surface area contributed by atoms with Gasteiger partial charge < -0.3 is 15.6 Å². The van der Waals surface area contributed by atoms with Crippen LogP contribution in [0.15, 0.2) is 5.16 Å². The van der Waals surface area contributed by atoms with E-state index in [1.54, 1.807) is 11.8 Å². The molecule has 21 heavy (non-hydrogen) atoms. The first-order chi connectivity index (χ1) is 10.1. The first kappa shape index (κ1) is 14.8. The van der Waals surface area contributed by atoms with Crippen LogP contribution in [0.1, 0.15) is 44.9 Å². The van der Waals surface area contributed by atoms with E-state index in [2.05, 4.69) is 20.1 Å². The Hall–Kier alpha value is -1.08. The minimum Gasteiger partial charge on any atom is -0.368 e. The van der Waals surface area contributed by atoms with E-state index in [9.17, 15) is 4.79 Å². The molecule has 6 nitrogen and oxygen atoms in total. The van der Waals surface area contributed by atoms with Gasteiger partial charge in [0.05, 0.1) is 0 Å². The van der Waals surface area contributed by atoms with E-state index in [0.717, 1.165) is 36.8 Å². The summed E-state index contributed by atoms with van der Waals surface area (Å²) >= 11 is 1.58. The molecule has 0 radical (unpaired) electrons. The zero-order valence-electron chi connectivity index (χ0n) is 12.5. The predicted octanol–water partition coefficient (Wildman–Crippen LogP) is 1.09. The lowest BCUT2D eigenvalue weighted by molar-refractivity contribution is -0.123. The first-order valence-electron chi connectivity index (χ1n) is 7.71. The highest BCUT2D eigenvalue weighted by Crippen LogP contribution is 2.28. The number of carbonyl (C=O) groups is 1. The Bertz CT molecular complexity index is 527. The molecule has 1 aromatic heterocycles. The molecular weight excluding hydrogens is 286 g/mol. The molecule has 1 saturated carbocycles. The fourth-order valence-corrected chi connectivity index (χ4v) is 3.73. The number of hydrogen-bond donors (Lipinski definition) is 2. The number of nitrogens with zero attached hydrogens (tertiary/aromatic N) is 3. The van der Waals surface area contributed by atoms with E-state index in [-0.39, 0.29) is 5.91 Å². The highest BCUT2D eigenvalue weighted by molar-refractivity contribution is 7.99. The molecule has 1 atom stereocenters. The summed E-state index contributed by atoms with van der Waals surface area (Å²) in [6.07, 6.45) is 6.87. The minimum atomic E-state index is -0.678. The molecule has 116 valence electrons. The molecule has 7 heteroatoms. The van der Waals surface area contributed by atoms with Crippen LogP contribution >= 0.6 is 11.8 Å². The molecule has 1 aliphatic heterocycles. The Morgan fingerprint density at radius 2 is 2.24 bits per heavy atom. The average molecular weight is 309 g/mol. The summed E-state index contributed by atoms with van der Waals surface area (Å²) < 4.78 is 2.20. The Kier molecular flexibility index (Phi) is 4.21. The molecule has 1 aliphatic carbocycles. The second-order valence-corrected chi connectivity index (χ2v) is 7.21. The van der Waals surface area contributed by atoms with E-state index in [1.807, 2.05) is 6.92 Å². The van der Waals surface area contributed by atoms with Crippen molar-refractivity contribution in [2.75, 3.05) is 5.75 Å². The number of amides is 1. The number of nitrogens with two attached hydrogens (primary N) is 1. The van der Waals surface area contributed by atoms with Crippen molar-refractivity contribution in [3.05, 3.63) is 5.82 Å². The van der Waals surface area contributed by atoms with Gasteiger partial charge in [-0.3, -0.25) is 4.79 Å². The van der Waals surface area contributed by atoms with Gasteiger partial charge in [0.15, 0.2) is 5.16 Å². The maximum Gasteiger partial charge on any atom is 0.238 e. The number of primary amides is 1. The molecule has 1 aromatic rings. The number of aryl methyl sites for hydroxylation is 1. The predicted molar refractivity (Wildman–Crippen MR) is 82.1 cm³/mol. The SMILES string of the molecule is CC(CSc1nnc2n1CCCCC2)(NC1CC1)C(N)=O. The number of fused-ring (bicyclic) bond motifs is 1. The van der Waals surface area contributed by atoms with Gasteiger partial charge in [0, 0.05) is 24.8 Å². The zero-order valence-corrected chi connectivity index (χ0v) is 13.3. The number of thioether (sulfide) groups is 1. The lowest BCUT2D eigenvalue weighted by Crippen LogP contribution is -2.56.